The highest BCUT2D eigenvalue weighted by Crippen LogP contribution is 2.68. The summed E-state index contributed by atoms with van der Waals surface area (Å²) in [5.41, 5.74) is 2.73. The predicted octanol–water partition coefficient (Wildman–Crippen LogP) is 3.87. The van der Waals surface area contributed by atoms with E-state index in [1.54, 1.807) is 24.9 Å². The van der Waals surface area contributed by atoms with Crippen molar-refractivity contribution < 1.29 is 19.1 Å². The number of rotatable bonds is 5. The van der Waals surface area contributed by atoms with E-state index >= 15 is 0 Å². The second kappa shape index (κ2) is 9.09. The molecule has 6 unspecified atom stereocenters. The van der Waals surface area contributed by atoms with Gasteiger partial charge in [-0.05, 0) is 66.5 Å². The van der Waals surface area contributed by atoms with Gasteiger partial charge in [-0.3, -0.25) is 24.1 Å². The summed E-state index contributed by atoms with van der Waals surface area (Å²) in [5.74, 6) is -0.816. The Morgan fingerprint density at radius 3 is 2.54 bits per heavy atom. The number of aromatic nitrogens is 1. The fourth-order valence-electron chi connectivity index (χ4n) is 7.49. The highest BCUT2D eigenvalue weighted by molar-refractivity contribution is 8.00. The zero-order chi connectivity index (χ0) is 27.0. The number of methoxy groups -OCH3 is 1. The first-order chi connectivity index (χ1) is 18.8. The predicted molar refractivity (Wildman–Crippen MR) is 148 cm³/mol. The van der Waals surface area contributed by atoms with Gasteiger partial charge in [0.1, 0.15) is 12.3 Å². The highest BCUT2D eigenvalue weighted by Gasteiger charge is 2.69. The average Bonchev–Trinajstić information content (AvgIpc) is 3.65. The van der Waals surface area contributed by atoms with Crippen LogP contribution in [0.25, 0.3) is 0 Å². The third kappa shape index (κ3) is 3.79. The van der Waals surface area contributed by atoms with Crippen LogP contribution in [0.15, 0.2) is 58.4 Å². The maximum Gasteiger partial charge on any atom is 0.305 e. The van der Waals surface area contributed by atoms with Crippen LogP contribution in [0, 0.1) is 36.5 Å². The normalized spacial score (nSPS) is 30.2. The van der Waals surface area contributed by atoms with Gasteiger partial charge in [0.15, 0.2) is 0 Å². The van der Waals surface area contributed by atoms with Crippen molar-refractivity contribution in [2.24, 2.45) is 29.6 Å². The Hall–Kier alpha value is -3.37. The molecule has 200 valence electrons. The van der Waals surface area contributed by atoms with Gasteiger partial charge in [0.2, 0.25) is 17.7 Å². The lowest BCUT2D eigenvalue weighted by Crippen LogP contribution is -2.42. The SMILES string of the molecule is COc1ccc([C@H]2c3sc(=O)[nH]c3SC3C4CC(C5C(=O)N(CC(=O)Nc6cccc(C)c6)C(=O)C45)C32)cc1. The third-order valence-electron chi connectivity index (χ3n) is 8.89. The first-order valence-corrected chi connectivity index (χ1v) is 14.8. The van der Waals surface area contributed by atoms with E-state index in [1.165, 1.54) is 16.2 Å². The standard InChI is InChI=1S/C29H27N3O5S2/c1-13-4-3-5-15(10-13)30-19(33)12-32-27(34)22-17-11-18(23(22)28(32)35)24-21(17)20(14-6-8-16(37-2)9-7-14)25-26(38-24)31-29(36)39-25/h3-10,17-18,20-24H,11-12H2,1-2H3,(H,30,33)(H,31,36)/t17?,18?,20-,21?,22?,23?,24?/m1/s1. The van der Waals surface area contributed by atoms with E-state index in [4.69, 9.17) is 4.74 Å². The van der Waals surface area contributed by atoms with E-state index in [1.807, 2.05) is 49.4 Å². The first-order valence-electron chi connectivity index (χ1n) is 13.1. The van der Waals surface area contributed by atoms with Crippen molar-refractivity contribution in [1.29, 1.82) is 0 Å². The van der Waals surface area contributed by atoms with Crippen molar-refractivity contribution in [3.63, 3.8) is 0 Å². The van der Waals surface area contributed by atoms with E-state index in [0.29, 0.717) is 5.69 Å². The number of ether oxygens (including phenoxy) is 1. The molecule has 1 aromatic heterocycles. The lowest BCUT2D eigenvalue weighted by Gasteiger charge is -2.43. The molecular weight excluding hydrogens is 534 g/mol. The van der Waals surface area contributed by atoms with Gasteiger partial charge in [0, 0.05) is 21.7 Å². The molecule has 4 aliphatic rings. The molecular formula is C29H27N3O5S2. The molecule has 2 bridgehead atoms. The third-order valence-corrected chi connectivity index (χ3v) is 11.5. The Kier molecular flexibility index (Phi) is 5.75. The molecule has 7 rings (SSSR count). The molecule has 39 heavy (non-hydrogen) atoms. The van der Waals surface area contributed by atoms with Gasteiger partial charge in [0.25, 0.3) is 0 Å². The minimum absolute atomic E-state index is 0.0104. The van der Waals surface area contributed by atoms with Gasteiger partial charge in [0.05, 0.1) is 24.0 Å². The number of carbonyl (C=O) groups is 3. The summed E-state index contributed by atoms with van der Waals surface area (Å²) in [6, 6.07) is 15.4. The number of fused-ring (bicyclic) bond motifs is 9. The lowest BCUT2D eigenvalue weighted by atomic mass is 9.68. The molecule has 10 heteroatoms. The van der Waals surface area contributed by atoms with Crippen LogP contribution < -0.4 is 14.9 Å². The molecule has 8 nitrogen and oxygen atoms in total. The van der Waals surface area contributed by atoms with Crippen molar-refractivity contribution >= 4 is 46.5 Å². The second-order valence-corrected chi connectivity index (χ2v) is 13.1. The van der Waals surface area contributed by atoms with Crippen molar-refractivity contribution in [1.82, 2.24) is 9.88 Å². The number of nitrogens with one attached hydrogen (secondary N) is 2. The van der Waals surface area contributed by atoms with E-state index < -0.39 is 11.8 Å². The number of amides is 3. The Balaban J connectivity index is 1.19. The molecule has 2 saturated carbocycles. The first kappa shape index (κ1) is 24.7. The molecule has 2 N–H and O–H groups in total. The van der Waals surface area contributed by atoms with Crippen molar-refractivity contribution in [2.75, 3.05) is 19.0 Å². The molecule has 3 heterocycles. The number of thiazole rings is 1. The number of H-pyrrole nitrogens is 1. The minimum Gasteiger partial charge on any atom is -0.497 e. The van der Waals surface area contributed by atoms with Crippen LogP contribution >= 0.6 is 23.1 Å². The summed E-state index contributed by atoms with van der Waals surface area (Å²) in [6.07, 6.45) is 0.810. The summed E-state index contributed by atoms with van der Waals surface area (Å²) < 4.78 is 5.36. The largest absolute Gasteiger partial charge is 0.497 e. The number of hydrogen-bond donors (Lipinski definition) is 2. The zero-order valence-corrected chi connectivity index (χ0v) is 23.0. The van der Waals surface area contributed by atoms with Gasteiger partial charge >= 0.3 is 4.87 Å². The van der Waals surface area contributed by atoms with Crippen molar-refractivity contribution in [2.45, 2.75) is 29.5 Å². The molecule has 3 fully saturated rings. The van der Waals surface area contributed by atoms with E-state index in [9.17, 15) is 19.2 Å². The number of imide groups is 1. The van der Waals surface area contributed by atoms with Crippen molar-refractivity contribution in [3.05, 3.63) is 74.2 Å². The number of carbonyl (C=O) groups excluding carboxylic acids is 3. The Morgan fingerprint density at radius 2 is 1.82 bits per heavy atom. The molecule has 2 aliphatic heterocycles. The Bertz CT molecular complexity index is 1560. The van der Waals surface area contributed by atoms with Crippen LogP contribution in [0.1, 0.15) is 28.3 Å². The molecule has 1 saturated heterocycles. The van der Waals surface area contributed by atoms with Gasteiger partial charge in [-0.1, -0.05) is 35.6 Å². The average molecular weight is 562 g/mol. The van der Waals surface area contributed by atoms with Gasteiger partial charge < -0.3 is 15.0 Å². The minimum atomic E-state index is -0.422. The maximum atomic E-state index is 13.7. The van der Waals surface area contributed by atoms with E-state index in [-0.39, 0.29) is 58.1 Å². The Morgan fingerprint density at radius 1 is 1.08 bits per heavy atom. The molecule has 3 amide bonds. The van der Waals surface area contributed by atoms with E-state index in [0.717, 1.165) is 33.2 Å². The monoisotopic (exact) mass is 561 g/mol. The number of thioether (sulfide) groups is 1. The van der Waals surface area contributed by atoms with Crippen LogP contribution in [-0.4, -0.2) is 46.5 Å². The molecule has 3 aromatic rings. The molecule has 2 aromatic carbocycles. The quantitative estimate of drug-likeness (QED) is 0.458. The highest BCUT2D eigenvalue weighted by atomic mass is 32.2. The fourth-order valence-corrected chi connectivity index (χ4v) is 10.4. The molecule has 7 atom stereocenters. The molecule has 2 aliphatic carbocycles. The Labute approximate surface area is 233 Å². The lowest BCUT2D eigenvalue weighted by molar-refractivity contribution is -0.143. The number of likely N-dealkylation sites (tertiary alicyclic amines) is 1. The number of anilines is 1. The van der Waals surface area contributed by atoms with Gasteiger partial charge in [-0.25, -0.2) is 0 Å². The number of benzene rings is 2. The smallest absolute Gasteiger partial charge is 0.305 e. The van der Waals surface area contributed by atoms with Crippen molar-refractivity contribution in [3.8, 4) is 5.75 Å². The molecule has 0 radical (unpaired) electrons. The van der Waals surface area contributed by atoms with Crippen LogP contribution in [0.3, 0.4) is 0 Å². The molecule has 0 spiro atoms. The summed E-state index contributed by atoms with van der Waals surface area (Å²) in [4.78, 5) is 57.7. The summed E-state index contributed by atoms with van der Waals surface area (Å²) in [7, 11) is 1.63. The topological polar surface area (TPSA) is 109 Å². The number of hydrogen-bond acceptors (Lipinski definition) is 7. The van der Waals surface area contributed by atoms with Gasteiger partial charge in [-0.2, -0.15) is 0 Å². The number of aryl methyl sites for hydroxylation is 1. The van der Waals surface area contributed by atoms with Crippen LogP contribution in [0.2, 0.25) is 0 Å². The van der Waals surface area contributed by atoms with Crippen LogP contribution in [0.5, 0.6) is 5.75 Å². The fraction of sp³-hybridized carbons (Fsp3) is 0.379. The summed E-state index contributed by atoms with van der Waals surface area (Å²) in [6.45, 7) is 1.66. The summed E-state index contributed by atoms with van der Waals surface area (Å²) >= 11 is 2.90. The van der Waals surface area contributed by atoms with E-state index in [2.05, 4.69) is 10.3 Å². The van der Waals surface area contributed by atoms with Crippen LogP contribution in [-0.2, 0) is 14.4 Å². The van der Waals surface area contributed by atoms with Crippen LogP contribution in [0.4, 0.5) is 5.69 Å². The van der Waals surface area contributed by atoms with Gasteiger partial charge in [-0.15, -0.1) is 11.8 Å². The number of aromatic amines is 1. The zero-order valence-electron chi connectivity index (χ0n) is 21.4. The number of nitrogens with zero attached hydrogens (tertiary/aromatic N) is 1. The summed E-state index contributed by atoms with van der Waals surface area (Å²) in [5, 5.41) is 3.81. The second-order valence-electron chi connectivity index (χ2n) is 10.9. The maximum absolute atomic E-state index is 13.7.